The van der Waals surface area contributed by atoms with Crippen molar-refractivity contribution in [2.75, 3.05) is 30.3 Å². The molecule has 0 unspecified atom stereocenters. The highest BCUT2D eigenvalue weighted by molar-refractivity contribution is 8.03. The second-order valence-corrected chi connectivity index (χ2v) is 7.82. The molecular weight excluding hydrogens is 224 g/mol. The molecule has 0 aromatic rings. The van der Waals surface area contributed by atoms with Crippen LogP contribution >= 0.6 is 0 Å². The SMILES string of the molecule is CCCS(=O)(=O)N=S1(=O)CCNCC1. The van der Waals surface area contributed by atoms with Gasteiger partial charge in [0.1, 0.15) is 0 Å². The average molecular weight is 240 g/mol. The summed E-state index contributed by atoms with van der Waals surface area (Å²) in [6.07, 6.45) is 0.513. The molecule has 1 saturated heterocycles. The van der Waals surface area contributed by atoms with Gasteiger partial charge in [0.15, 0.2) is 0 Å². The van der Waals surface area contributed by atoms with E-state index in [-0.39, 0.29) is 5.75 Å². The van der Waals surface area contributed by atoms with Gasteiger partial charge in [0, 0.05) is 24.6 Å². The Hall–Kier alpha value is -0.140. The first-order valence-corrected chi connectivity index (χ1v) is 8.11. The zero-order valence-electron chi connectivity index (χ0n) is 8.23. The highest BCUT2D eigenvalue weighted by atomic mass is 32.3. The van der Waals surface area contributed by atoms with Crippen molar-refractivity contribution in [3.63, 3.8) is 0 Å². The van der Waals surface area contributed by atoms with Gasteiger partial charge in [0.25, 0.3) is 10.0 Å². The fraction of sp³-hybridized carbons (Fsp3) is 1.00. The Morgan fingerprint density at radius 3 is 2.43 bits per heavy atom. The summed E-state index contributed by atoms with van der Waals surface area (Å²) in [6, 6.07) is 0. The Morgan fingerprint density at radius 1 is 1.36 bits per heavy atom. The molecule has 0 radical (unpaired) electrons. The van der Waals surface area contributed by atoms with E-state index in [1.165, 1.54) is 0 Å². The fourth-order valence-corrected chi connectivity index (χ4v) is 5.46. The molecule has 0 aromatic heterocycles. The largest absolute Gasteiger partial charge is 0.315 e. The van der Waals surface area contributed by atoms with Gasteiger partial charge < -0.3 is 5.32 Å². The van der Waals surface area contributed by atoms with Crippen LogP contribution in [0.3, 0.4) is 0 Å². The maximum Gasteiger partial charge on any atom is 0.260 e. The van der Waals surface area contributed by atoms with Crippen LogP contribution in [0.15, 0.2) is 3.77 Å². The van der Waals surface area contributed by atoms with E-state index in [0.717, 1.165) is 0 Å². The maximum absolute atomic E-state index is 11.9. The molecule has 0 bridgehead atoms. The summed E-state index contributed by atoms with van der Waals surface area (Å²) >= 11 is 0. The van der Waals surface area contributed by atoms with E-state index >= 15 is 0 Å². The third-order valence-corrected chi connectivity index (χ3v) is 6.51. The molecule has 0 saturated carbocycles. The lowest BCUT2D eigenvalue weighted by atomic mass is 10.6. The summed E-state index contributed by atoms with van der Waals surface area (Å²) in [4.78, 5) is 0. The number of hydrogen-bond acceptors (Lipinski definition) is 4. The van der Waals surface area contributed by atoms with Crippen LogP contribution in [-0.4, -0.2) is 43.0 Å². The van der Waals surface area contributed by atoms with Gasteiger partial charge in [0.2, 0.25) is 0 Å². The molecule has 5 nitrogen and oxygen atoms in total. The Kier molecular flexibility index (Phi) is 3.91. The van der Waals surface area contributed by atoms with Gasteiger partial charge in [0.05, 0.1) is 15.5 Å². The van der Waals surface area contributed by atoms with E-state index in [9.17, 15) is 12.6 Å². The van der Waals surface area contributed by atoms with E-state index in [4.69, 9.17) is 0 Å². The molecule has 1 N–H and O–H groups in total. The molecule has 14 heavy (non-hydrogen) atoms. The lowest BCUT2D eigenvalue weighted by Crippen LogP contribution is -2.36. The standard InChI is InChI=1S/C7H16N2O3S2/c1-2-5-14(11,12)9-13(10)6-3-8-4-7-13/h8H,2-7H2,1H3. The molecule has 0 amide bonds. The molecule has 1 aliphatic heterocycles. The van der Waals surface area contributed by atoms with Gasteiger partial charge >= 0.3 is 0 Å². The Labute approximate surface area is 85.5 Å². The minimum absolute atomic E-state index is 0.00256. The van der Waals surface area contributed by atoms with E-state index in [0.29, 0.717) is 31.0 Å². The quantitative estimate of drug-likeness (QED) is 0.741. The Balaban J connectivity index is 2.90. The highest BCUT2D eigenvalue weighted by Crippen LogP contribution is 2.06. The number of nitrogens with zero attached hydrogens (tertiary/aromatic N) is 1. The zero-order chi connectivity index (χ0) is 10.7. The second kappa shape index (κ2) is 4.59. The fourth-order valence-electron chi connectivity index (χ4n) is 1.27. The first-order chi connectivity index (χ1) is 6.47. The van der Waals surface area contributed by atoms with Gasteiger partial charge in [-0.1, -0.05) is 6.92 Å². The molecular formula is C7H16N2O3S2. The number of nitrogens with one attached hydrogen (secondary N) is 1. The molecule has 0 atom stereocenters. The molecule has 0 aliphatic carbocycles. The average Bonchev–Trinajstić information content (AvgIpc) is 2.02. The van der Waals surface area contributed by atoms with E-state index < -0.39 is 19.8 Å². The normalized spacial score (nSPS) is 21.8. The molecule has 0 spiro atoms. The van der Waals surface area contributed by atoms with Gasteiger partial charge in [-0.25, -0.2) is 12.6 Å². The van der Waals surface area contributed by atoms with Gasteiger partial charge in [-0.15, -0.1) is 3.77 Å². The lowest BCUT2D eigenvalue weighted by Gasteiger charge is -2.16. The van der Waals surface area contributed by atoms with Gasteiger partial charge in [-0.05, 0) is 6.42 Å². The van der Waals surface area contributed by atoms with Gasteiger partial charge in [-0.3, -0.25) is 0 Å². The zero-order valence-corrected chi connectivity index (χ0v) is 9.86. The highest BCUT2D eigenvalue weighted by Gasteiger charge is 2.18. The smallest absolute Gasteiger partial charge is 0.260 e. The summed E-state index contributed by atoms with van der Waals surface area (Å²) in [5.74, 6) is 0.684. The maximum atomic E-state index is 11.9. The third-order valence-electron chi connectivity index (χ3n) is 1.91. The van der Waals surface area contributed by atoms with E-state index in [1.54, 1.807) is 6.92 Å². The minimum Gasteiger partial charge on any atom is -0.315 e. The lowest BCUT2D eigenvalue weighted by molar-refractivity contribution is 0.596. The van der Waals surface area contributed by atoms with E-state index in [1.807, 2.05) is 0 Å². The summed E-state index contributed by atoms with van der Waals surface area (Å²) in [6.45, 7) is 2.94. The van der Waals surface area contributed by atoms with Crippen molar-refractivity contribution >= 4 is 19.8 Å². The predicted octanol–water partition coefficient (Wildman–Crippen LogP) is -0.203. The minimum atomic E-state index is -3.47. The molecule has 1 heterocycles. The third kappa shape index (κ3) is 3.55. The topological polar surface area (TPSA) is 75.6 Å². The van der Waals surface area contributed by atoms with Crippen molar-refractivity contribution < 1.29 is 12.6 Å². The Bertz CT molecular complexity index is 381. The van der Waals surface area contributed by atoms with Crippen molar-refractivity contribution in [3.8, 4) is 0 Å². The summed E-state index contributed by atoms with van der Waals surface area (Å²) in [5.41, 5.74) is 0. The van der Waals surface area contributed by atoms with Crippen LogP contribution in [0.1, 0.15) is 13.3 Å². The summed E-state index contributed by atoms with van der Waals surface area (Å²) in [7, 11) is -5.96. The molecule has 1 fully saturated rings. The van der Waals surface area contributed by atoms with Crippen LogP contribution in [0.5, 0.6) is 0 Å². The van der Waals surface area contributed by atoms with Crippen molar-refractivity contribution in [3.05, 3.63) is 0 Å². The molecule has 1 rings (SSSR count). The van der Waals surface area contributed by atoms with Crippen LogP contribution in [0, 0.1) is 0 Å². The van der Waals surface area contributed by atoms with Crippen LogP contribution in [0.25, 0.3) is 0 Å². The van der Waals surface area contributed by atoms with Crippen LogP contribution in [-0.2, 0) is 19.8 Å². The summed E-state index contributed by atoms with van der Waals surface area (Å²) < 4.78 is 38.1. The van der Waals surface area contributed by atoms with Crippen molar-refractivity contribution in [1.82, 2.24) is 5.32 Å². The predicted molar refractivity (Wildman–Crippen MR) is 57.3 cm³/mol. The van der Waals surface area contributed by atoms with Gasteiger partial charge in [-0.2, -0.15) is 0 Å². The van der Waals surface area contributed by atoms with Crippen molar-refractivity contribution in [2.24, 2.45) is 3.77 Å². The first kappa shape index (κ1) is 11.9. The monoisotopic (exact) mass is 240 g/mol. The van der Waals surface area contributed by atoms with Crippen molar-refractivity contribution in [2.45, 2.75) is 13.3 Å². The molecule has 7 heteroatoms. The van der Waals surface area contributed by atoms with Crippen LogP contribution in [0.2, 0.25) is 0 Å². The number of hydrogen-bond donors (Lipinski definition) is 1. The van der Waals surface area contributed by atoms with Crippen LogP contribution < -0.4 is 5.32 Å². The van der Waals surface area contributed by atoms with Crippen molar-refractivity contribution in [1.29, 1.82) is 0 Å². The molecule has 84 valence electrons. The summed E-state index contributed by atoms with van der Waals surface area (Å²) in [5, 5.41) is 3.02. The van der Waals surface area contributed by atoms with E-state index in [2.05, 4.69) is 9.08 Å². The van der Waals surface area contributed by atoms with Crippen LogP contribution in [0.4, 0.5) is 0 Å². The molecule has 0 aromatic carbocycles. The number of sulfonamides is 1. The second-order valence-electron chi connectivity index (χ2n) is 3.29. The molecule has 1 aliphatic rings. The number of rotatable bonds is 3. The Morgan fingerprint density at radius 2 is 1.93 bits per heavy atom. The first-order valence-electron chi connectivity index (χ1n) is 4.65.